The van der Waals surface area contributed by atoms with Gasteiger partial charge in [-0.2, -0.15) is 0 Å². The number of hydrogen-bond acceptors (Lipinski definition) is 10. The molecule has 17 nitrogen and oxygen atoms in total. The highest BCUT2D eigenvalue weighted by Gasteiger charge is 2.47. The van der Waals surface area contributed by atoms with Crippen molar-refractivity contribution >= 4 is 52.4 Å². The zero-order valence-corrected chi connectivity index (χ0v) is 33.9. The maximum atomic E-state index is 14.7. The van der Waals surface area contributed by atoms with Crippen LogP contribution >= 0.6 is 0 Å². The number of aromatic amines is 1. The van der Waals surface area contributed by atoms with Crippen LogP contribution in [0.5, 0.6) is 0 Å². The number of carbonyl (C=O) groups is 7. The van der Waals surface area contributed by atoms with E-state index in [1.54, 1.807) is 18.2 Å². The summed E-state index contributed by atoms with van der Waals surface area (Å²) >= 11 is 0. The molecule has 6 rings (SSSR count). The Bertz CT molecular complexity index is 2150. The number of fused-ring (bicyclic) bond motifs is 3. The number of nitrogens with zero attached hydrogens (tertiary/aromatic N) is 4. The van der Waals surface area contributed by atoms with Crippen molar-refractivity contribution in [3.05, 3.63) is 65.5 Å². The smallest absolute Gasteiger partial charge is 0.329 e. The van der Waals surface area contributed by atoms with Crippen molar-refractivity contribution < 1.29 is 52.2 Å². The molecule has 0 bridgehead atoms. The molecular formula is C41H50F2N8O9. The first-order valence-electron chi connectivity index (χ1n) is 19.9. The molecule has 0 spiro atoms. The van der Waals surface area contributed by atoms with Crippen LogP contribution in [0.2, 0.25) is 0 Å². The first kappa shape index (κ1) is 43.6. The first-order chi connectivity index (χ1) is 28.4. The Hall–Kier alpha value is -5.98. The molecule has 322 valence electrons. The molecule has 6 amide bonds. The van der Waals surface area contributed by atoms with Crippen LogP contribution in [0.4, 0.5) is 8.78 Å². The van der Waals surface area contributed by atoms with Crippen LogP contribution in [0.1, 0.15) is 58.1 Å². The van der Waals surface area contributed by atoms with Gasteiger partial charge < -0.3 is 45.5 Å². The Morgan fingerprint density at radius 2 is 1.68 bits per heavy atom. The molecule has 0 radical (unpaired) electrons. The molecule has 5 N–H and O–H groups in total. The third-order valence-corrected chi connectivity index (χ3v) is 11.3. The third-order valence-electron chi connectivity index (χ3n) is 11.3. The van der Waals surface area contributed by atoms with Crippen molar-refractivity contribution in [3.63, 3.8) is 0 Å². The number of H-pyrrole nitrogens is 1. The SMILES string of the molecule is C[C@H]1C[C@H]2C(=O)O[C@@H](C)[C@H](NC(=O)[C@H](Cc3cc(F)cc(F)c3)NC(=O)Cc3ccc4nc[nH]c4c3)C(=O)N3CCC[C@H]3C(=O)N(C)[C@@H]([C@H](C)O)C(=O)N[C@@H](C)C(=O)N2C1. The number of likely N-dealkylation sites (N-methyl/N-ethyl adjacent to an activating group) is 1. The van der Waals surface area contributed by atoms with Crippen molar-refractivity contribution in [1.29, 1.82) is 0 Å². The van der Waals surface area contributed by atoms with Crippen molar-refractivity contribution in [2.24, 2.45) is 5.92 Å². The highest BCUT2D eigenvalue weighted by molar-refractivity contribution is 5.98. The molecule has 4 heterocycles. The van der Waals surface area contributed by atoms with Gasteiger partial charge in [0.2, 0.25) is 35.4 Å². The topological polar surface area (TPSA) is 223 Å². The number of benzene rings is 2. The van der Waals surface area contributed by atoms with Gasteiger partial charge >= 0.3 is 5.97 Å². The molecule has 9 atom stereocenters. The number of hydrogen-bond donors (Lipinski definition) is 5. The van der Waals surface area contributed by atoms with E-state index in [4.69, 9.17) is 4.74 Å². The lowest BCUT2D eigenvalue weighted by molar-refractivity contribution is -0.163. The highest BCUT2D eigenvalue weighted by Crippen LogP contribution is 2.27. The van der Waals surface area contributed by atoms with E-state index in [2.05, 4.69) is 25.9 Å². The van der Waals surface area contributed by atoms with E-state index in [1.807, 2.05) is 6.92 Å². The zero-order valence-electron chi connectivity index (χ0n) is 33.9. The number of aromatic nitrogens is 2. The van der Waals surface area contributed by atoms with Crippen LogP contribution in [0.3, 0.4) is 0 Å². The summed E-state index contributed by atoms with van der Waals surface area (Å²) in [7, 11) is 1.30. The number of carbonyl (C=O) groups excluding carboxylic acids is 7. The van der Waals surface area contributed by atoms with E-state index in [0.29, 0.717) is 29.1 Å². The quantitative estimate of drug-likeness (QED) is 0.198. The van der Waals surface area contributed by atoms with Crippen LogP contribution in [0.15, 0.2) is 42.7 Å². The lowest BCUT2D eigenvalue weighted by atomic mass is 10.0. The van der Waals surface area contributed by atoms with Crippen molar-refractivity contribution in [2.45, 2.75) is 108 Å². The molecular weight excluding hydrogens is 786 g/mol. The number of halogens is 2. The summed E-state index contributed by atoms with van der Waals surface area (Å²) in [5, 5.41) is 18.5. The van der Waals surface area contributed by atoms with Gasteiger partial charge in [-0.25, -0.2) is 18.6 Å². The van der Waals surface area contributed by atoms with Gasteiger partial charge in [0.15, 0.2) is 0 Å². The molecule has 1 aromatic heterocycles. The number of cyclic esters (lactones) is 1. The van der Waals surface area contributed by atoms with E-state index in [0.717, 1.165) is 17.0 Å². The van der Waals surface area contributed by atoms with Crippen molar-refractivity contribution in [2.75, 3.05) is 20.1 Å². The van der Waals surface area contributed by atoms with E-state index >= 15 is 0 Å². The molecule has 60 heavy (non-hydrogen) atoms. The number of aliphatic hydroxyl groups is 1. The molecule has 0 saturated carbocycles. The van der Waals surface area contributed by atoms with Crippen molar-refractivity contribution in [1.82, 2.24) is 40.6 Å². The molecule has 0 unspecified atom stereocenters. The largest absolute Gasteiger partial charge is 0.458 e. The van der Waals surface area contributed by atoms with Gasteiger partial charge in [-0.05, 0) is 81.3 Å². The number of esters is 1. The van der Waals surface area contributed by atoms with Gasteiger partial charge in [0.25, 0.3) is 0 Å². The van der Waals surface area contributed by atoms with E-state index in [-0.39, 0.29) is 43.8 Å². The summed E-state index contributed by atoms with van der Waals surface area (Å²) < 4.78 is 34.6. The zero-order chi connectivity index (χ0) is 43.6. The number of amides is 6. The van der Waals surface area contributed by atoms with Gasteiger partial charge in [0.05, 0.1) is 29.9 Å². The maximum absolute atomic E-state index is 14.7. The average Bonchev–Trinajstić information content (AvgIpc) is 3.95. The first-order valence-corrected chi connectivity index (χ1v) is 19.9. The lowest BCUT2D eigenvalue weighted by Crippen LogP contribution is -2.63. The number of ether oxygens (including phenoxy) is 1. The van der Waals surface area contributed by atoms with Crippen LogP contribution in [0.25, 0.3) is 11.0 Å². The van der Waals surface area contributed by atoms with Crippen LogP contribution in [0, 0.1) is 17.6 Å². The Kier molecular flexibility index (Phi) is 13.2. The Morgan fingerprint density at radius 1 is 0.967 bits per heavy atom. The van der Waals surface area contributed by atoms with Gasteiger partial charge in [-0.3, -0.25) is 28.8 Å². The predicted molar refractivity (Wildman–Crippen MR) is 209 cm³/mol. The molecule has 3 saturated heterocycles. The molecule has 19 heteroatoms. The standard InChI is InChI=1S/C41H50F2N8O9/c1-20-11-32-41(59)60-23(4)34(40(58)50-10-6-7-31(50)39(57)49(5)35(22(3)52)37(55)46-21(2)38(56)51(32)18-20)48-36(54)30(15-25-12-26(42)17-27(43)13-25)47-33(53)16-24-8-9-28-29(14-24)45-19-44-28/h8-9,12-14,17,19-23,30-32,34-35,52H,6-7,10-11,15-16,18H2,1-5H3,(H,44,45)(H,46,55)(H,47,53)(H,48,54)/t20-,21-,22-,23-,30-,31-,32-,34-,35-/m0/s1. The van der Waals surface area contributed by atoms with Crippen LogP contribution in [-0.2, 0) is 51.1 Å². The fourth-order valence-corrected chi connectivity index (χ4v) is 8.34. The minimum atomic E-state index is -1.68. The second kappa shape index (κ2) is 18.1. The fourth-order valence-electron chi connectivity index (χ4n) is 8.34. The number of imidazole rings is 1. The summed E-state index contributed by atoms with van der Waals surface area (Å²) in [6.07, 6.45) is -1.29. The average molecular weight is 837 g/mol. The van der Waals surface area contributed by atoms with Gasteiger partial charge in [-0.1, -0.05) is 13.0 Å². The maximum Gasteiger partial charge on any atom is 0.329 e. The third kappa shape index (κ3) is 9.56. The predicted octanol–water partition coefficient (Wildman–Crippen LogP) is 0.482. The molecule has 3 aliphatic rings. The van der Waals surface area contributed by atoms with Crippen molar-refractivity contribution in [3.8, 4) is 0 Å². The summed E-state index contributed by atoms with van der Waals surface area (Å²) in [5.74, 6) is -7.52. The fraction of sp³-hybridized carbons (Fsp3) is 0.512. The Morgan fingerprint density at radius 3 is 2.38 bits per heavy atom. The van der Waals surface area contributed by atoms with Gasteiger partial charge in [0.1, 0.15) is 54.0 Å². The number of rotatable bonds is 8. The van der Waals surface area contributed by atoms with E-state index in [9.17, 15) is 47.4 Å². The normalized spacial score (nSPS) is 26.6. The van der Waals surface area contributed by atoms with Crippen LogP contribution in [-0.4, -0.2) is 140 Å². The van der Waals surface area contributed by atoms with E-state index < -0.39 is 108 Å². The minimum absolute atomic E-state index is 0.00917. The highest BCUT2D eigenvalue weighted by atomic mass is 19.1. The summed E-state index contributed by atoms with van der Waals surface area (Å²) in [4.78, 5) is 108. The summed E-state index contributed by atoms with van der Waals surface area (Å²) in [6, 6.07) is -0.414. The molecule has 3 aliphatic heterocycles. The molecule has 3 aromatic rings. The van der Waals surface area contributed by atoms with Crippen LogP contribution < -0.4 is 16.0 Å². The second-order valence-corrected chi connectivity index (χ2v) is 16.1. The number of aliphatic hydroxyl groups excluding tert-OH is 1. The second-order valence-electron chi connectivity index (χ2n) is 16.1. The van der Waals surface area contributed by atoms with E-state index in [1.165, 1.54) is 43.9 Å². The van der Waals surface area contributed by atoms with Gasteiger partial charge in [-0.15, -0.1) is 0 Å². The Labute approximate surface area is 344 Å². The monoisotopic (exact) mass is 836 g/mol. The molecule has 0 aliphatic carbocycles. The molecule has 2 aromatic carbocycles. The summed E-state index contributed by atoms with van der Waals surface area (Å²) in [6.45, 7) is 6.08. The molecule has 3 fully saturated rings. The lowest BCUT2D eigenvalue weighted by Gasteiger charge is -2.37. The Balaban J connectivity index is 1.34. The number of nitrogens with one attached hydrogen (secondary N) is 4. The van der Waals surface area contributed by atoms with Gasteiger partial charge in [0, 0.05) is 32.6 Å². The minimum Gasteiger partial charge on any atom is -0.458 e. The summed E-state index contributed by atoms with van der Waals surface area (Å²) in [5.41, 5.74) is 1.89.